The van der Waals surface area contributed by atoms with Gasteiger partial charge in [0.25, 0.3) is 0 Å². The van der Waals surface area contributed by atoms with Gasteiger partial charge in [0.15, 0.2) is 9.47 Å². The molecule has 2 aromatic heterocycles. The van der Waals surface area contributed by atoms with Crippen molar-refractivity contribution >= 4 is 63.7 Å². The highest BCUT2D eigenvalue weighted by Gasteiger charge is 2.17. The van der Waals surface area contributed by atoms with Crippen LogP contribution in [0.4, 0.5) is 0 Å². The highest BCUT2D eigenvalue weighted by molar-refractivity contribution is 9.11. The first kappa shape index (κ1) is 22.9. The van der Waals surface area contributed by atoms with Crippen LogP contribution in [0.3, 0.4) is 0 Å². The molecular weight excluding hydrogens is 624 g/mol. The minimum Gasteiger partial charge on any atom is -0.381 e. The van der Waals surface area contributed by atoms with Gasteiger partial charge in [-0.15, -0.1) is 0 Å². The molecule has 0 N–H and O–H groups in total. The Bertz CT molecular complexity index is 721. The molecule has 0 bridgehead atoms. The third kappa shape index (κ3) is 6.91. The molecule has 0 radical (unpaired) electrons. The number of nitrogens with zero attached hydrogens (tertiary/aromatic N) is 4. The molecule has 0 aromatic carbocycles. The van der Waals surface area contributed by atoms with Crippen LogP contribution in [0.15, 0.2) is 31.1 Å². The van der Waals surface area contributed by atoms with Gasteiger partial charge in [-0.05, 0) is 101 Å². The molecule has 4 heterocycles. The zero-order valence-corrected chi connectivity index (χ0v) is 21.8. The van der Waals surface area contributed by atoms with Crippen molar-refractivity contribution in [2.75, 3.05) is 26.4 Å². The fourth-order valence-electron chi connectivity index (χ4n) is 3.38. The molecule has 2 saturated heterocycles. The first-order valence-electron chi connectivity index (χ1n) is 9.43. The molecule has 0 unspecified atom stereocenters. The molecule has 4 rings (SSSR count). The van der Waals surface area contributed by atoms with E-state index in [-0.39, 0.29) is 0 Å². The minimum absolute atomic E-state index is 0.713. The first-order valence-corrected chi connectivity index (χ1v) is 12.6. The maximum Gasteiger partial charge on any atom is 0.178 e. The zero-order valence-electron chi connectivity index (χ0n) is 15.5. The topological polar surface area (TPSA) is 54.1 Å². The molecule has 2 aromatic rings. The fraction of sp³-hybridized carbons (Fsp3) is 0.667. The van der Waals surface area contributed by atoms with Crippen molar-refractivity contribution in [1.29, 1.82) is 0 Å². The molecule has 10 heteroatoms. The van der Waals surface area contributed by atoms with E-state index in [4.69, 9.17) is 9.47 Å². The SMILES string of the molecule is Brc1cn(CC2CCOCC2)c(Br)n1.Brc1cnc(Br)n1CC1CCOCC1. The number of aromatic nitrogens is 4. The van der Waals surface area contributed by atoms with E-state index in [1.165, 1.54) is 0 Å². The normalized spacial score (nSPS) is 18.7. The lowest BCUT2D eigenvalue weighted by atomic mass is 10.0. The average Bonchev–Trinajstić information content (AvgIpc) is 3.19. The second kappa shape index (κ2) is 11.6. The average molecular weight is 648 g/mol. The van der Waals surface area contributed by atoms with Crippen LogP contribution in [0.5, 0.6) is 0 Å². The van der Waals surface area contributed by atoms with Gasteiger partial charge in [-0.25, -0.2) is 9.97 Å². The second-order valence-corrected chi connectivity index (χ2v) is 10.1. The van der Waals surface area contributed by atoms with Crippen molar-refractivity contribution in [3.05, 3.63) is 31.1 Å². The van der Waals surface area contributed by atoms with Crippen molar-refractivity contribution in [3.8, 4) is 0 Å². The Labute approximate surface area is 199 Å². The van der Waals surface area contributed by atoms with Crippen LogP contribution in [0.25, 0.3) is 0 Å². The molecule has 2 fully saturated rings. The van der Waals surface area contributed by atoms with Gasteiger partial charge in [0.2, 0.25) is 0 Å². The van der Waals surface area contributed by atoms with E-state index in [0.717, 1.165) is 89.8 Å². The Morgan fingerprint density at radius 3 is 1.89 bits per heavy atom. The van der Waals surface area contributed by atoms with E-state index in [1.807, 2.05) is 12.4 Å². The summed E-state index contributed by atoms with van der Waals surface area (Å²) < 4.78 is 18.7. The van der Waals surface area contributed by atoms with Crippen LogP contribution in [-0.2, 0) is 22.6 Å². The number of hydrogen-bond donors (Lipinski definition) is 0. The van der Waals surface area contributed by atoms with Gasteiger partial charge in [0.1, 0.15) is 9.21 Å². The molecular formula is C18H24Br4N4O2. The highest BCUT2D eigenvalue weighted by atomic mass is 79.9. The number of rotatable bonds is 4. The summed E-state index contributed by atoms with van der Waals surface area (Å²) in [4.78, 5) is 8.42. The van der Waals surface area contributed by atoms with Crippen molar-refractivity contribution in [2.45, 2.75) is 38.8 Å². The summed E-state index contributed by atoms with van der Waals surface area (Å²) in [6, 6.07) is 0. The van der Waals surface area contributed by atoms with Gasteiger partial charge in [0, 0.05) is 45.7 Å². The molecule has 6 nitrogen and oxygen atoms in total. The van der Waals surface area contributed by atoms with Crippen LogP contribution in [-0.4, -0.2) is 45.5 Å². The van der Waals surface area contributed by atoms with Crippen LogP contribution < -0.4 is 0 Å². The Hall–Kier alpha value is 0.260. The summed E-state index contributed by atoms with van der Waals surface area (Å²) in [6.45, 7) is 5.65. The maximum atomic E-state index is 5.33. The lowest BCUT2D eigenvalue weighted by Crippen LogP contribution is -2.20. The van der Waals surface area contributed by atoms with E-state index in [0.29, 0.717) is 5.92 Å². The summed E-state index contributed by atoms with van der Waals surface area (Å²) in [7, 11) is 0. The van der Waals surface area contributed by atoms with Gasteiger partial charge >= 0.3 is 0 Å². The van der Waals surface area contributed by atoms with Crippen molar-refractivity contribution in [1.82, 2.24) is 19.1 Å². The second-order valence-electron chi connectivity index (χ2n) is 7.06. The first-order chi connectivity index (χ1) is 13.5. The largest absolute Gasteiger partial charge is 0.381 e. The van der Waals surface area contributed by atoms with Crippen LogP contribution in [0.1, 0.15) is 25.7 Å². The van der Waals surface area contributed by atoms with E-state index in [9.17, 15) is 0 Å². The van der Waals surface area contributed by atoms with E-state index >= 15 is 0 Å². The molecule has 2 aliphatic heterocycles. The van der Waals surface area contributed by atoms with Crippen LogP contribution in [0, 0.1) is 11.8 Å². The number of halogens is 4. The van der Waals surface area contributed by atoms with Gasteiger partial charge in [0.05, 0.1) is 6.20 Å². The molecule has 0 amide bonds. The van der Waals surface area contributed by atoms with Crippen molar-refractivity contribution < 1.29 is 9.47 Å². The monoisotopic (exact) mass is 644 g/mol. The number of ether oxygens (including phenoxy) is 2. The van der Waals surface area contributed by atoms with E-state index in [2.05, 4.69) is 82.8 Å². The molecule has 28 heavy (non-hydrogen) atoms. The van der Waals surface area contributed by atoms with Gasteiger partial charge in [-0.1, -0.05) is 0 Å². The molecule has 156 valence electrons. The van der Waals surface area contributed by atoms with Crippen molar-refractivity contribution in [2.24, 2.45) is 11.8 Å². The summed E-state index contributed by atoms with van der Waals surface area (Å²) in [5.41, 5.74) is 0. The maximum absolute atomic E-state index is 5.33. The summed E-state index contributed by atoms with van der Waals surface area (Å²) in [6.07, 6.45) is 8.45. The number of hydrogen-bond acceptors (Lipinski definition) is 4. The summed E-state index contributed by atoms with van der Waals surface area (Å²) >= 11 is 13.7. The fourth-order valence-corrected chi connectivity index (χ4v) is 5.56. The molecule has 2 aliphatic rings. The predicted octanol–water partition coefficient (Wildman–Crippen LogP) is 5.67. The van der Waals surface area contributed by atoms with E-state index in [1.54, 1.807) is 0 Å². The third-order valence-corrected chi connectivity index (χ3v) is 7.31. The lowest BCUT2D eigenvalue weighted by Gasteiger charge is -2.22. The predicted molar refractivity (Wildman–Crippen MR) is 122 cm³/mol. The Kier molecular flexibility index (Phi) is 9.50. The summed E-state index contributed by atoms with van der Waals surface area (Å²) in [5, 5.41) is 0. The third-order valence-electron chi connectivity index (χ3n) is 5.03. The van der Waals surface area contributed by atoms with Gasteiger partial charge in [-0.3, -0.25) is 0 Å². The zero-order chi connectivity index (χ0) is 19.9. The Morgan fingerprint density at radius 1 is 0.857 bits per heavy atom. The lowest BCUT2D eigenvalue weighted by molar-refractivity contribution is 0.0608. The van der Waals surface area contributed by atoms with Crippen LogP contribution >= 0.6 is 63.7 Å². The quantitative estimate of drug-likeness (QED) is 0.430. The van der Waals surface area contributed by atoms with E-state index < -0.39 is 0 Å². The molecule has 0 atom stereocenters. The smallest absolute Gasteiger partial charge is 0.178 e. The molecule has 0 spiro atoms. The van der Waals surface area contributed by atoms with Gasteiger partial charge < -0.3 is 18.6 Å². The molecule has 0 aliphatic carbocycles. The standard InChI is InChI=1S/2C9H12Br2N2O/c10-8-5-12-9(11)13(8)6-7-1-3-14-4-2-7;10-8-6-13(9(11)12-8)5-7-1-3-14-4-2-7/h5,7H,1-4,6H2;6-7H,1-5H2. The van der Waals surface area contributed by atoms with Gasteiger partial charge in [-0.2, -0.15) is 0 Å². The van der Waals surface area contributed by atoms with Crippen LogP contribution in [0.2, 0.25) is 0 Å². The highest BCUT2D eigenvalue weighted by Crippen LogP contribution is 2.24. The Morgan fingerprint density at radius 2 is 1.43 bits per heavy atom. The number of imidazole rings is 2. The Balaban J connectivity index is 0.000000161. The molecule has 0 saturated carbocycles. The van der Waals surface area contributed by atoms with Crippen molar-refractivity contribution in [3.63, 3.8) is 0 Å². The summed E-state index contributed by atoms with van der Waals surface area (Å²) in [5.74, 6) is 1.44. The minimum atomic E-state index is 0.713.